The smallest absolute Gasteiger partial charge is 0.205 e. The van der Waals surface area contributed by atoms with Crippen LogP contribution < -0.4 is 10.1 Å². The lowest BCUT2D eigenvalue weighted by Crippen LogP contribution is -1.98. The van der Waals surface area contributed by atoms with Gasteiger partial charge in [-0.1, -0.05) is 35.9 Å². The summed E-state index contributed by atoms with van der Waals surface area (Å²) in [5.74, 6) is 0.672. The topological polar surface area (TPSA) is 47.0 Å². The zero-order valence-electron chi connectivity index (χ0n) is 10.9. The summed E-state index contributed by atoms with van der Waals surface area (Å²) in [4.78, 5) is 0. The Kier molecular flexibility index (Phi) is 4.99. The fourth-order valence-corrected chi connectivity index (χ4v) is 2.45. The van der Waals surface area contributed by atoms with Crippen LogP contribution in [0.3, 0.4) is 0 Å². The molecule has 1 N–H and O–H groups in total. The summed E-state index contributed by atoms with van der Waals surface area (Å²) < 4.78 is 5.64. The fourth-order valence-electron chi connectivity index (χ4n) is 1.48. The van der Waals surface area contributed by atoms with E-state index in [-0.39, 0.29) is 0 Å². The minimum absolute atomic E-state index is 0.383. The summed E-state index contributed by atoms with van der Waals surface area (Å²) in [6, 6.07) is 5.72. The predicted octanol–water partition coefficient (Wildman–Crippen LogP) is 3.90. The lowest BCUT2D eigenvalue weighted by atomic mass is 10.2. The molecule has 2 rings (SSSR count). The first-order valence-electron chi connectivity index (χ1n) is 6.14. The maximum absolute atomic E-state index is 6.10. The minimum Gasteiger partial charge on any atom is -0.485 e. The molecule has 0 aliphatic heterocycles. The molecule has 102 valence electrons. The highest BCUT2D eigenvalue weighted by atomic mass is 35.5. The molecule has 0 bridgehead atoms. The molecule has 2 aromatic rings. The normalized spacial score (nSPS) is 10.5. The number of nitrogens with zero attached hydrogens (tertiary/aromatic N) is 2. The van der Waals surface area contributed by atoms with Gasteiger partial charge >= 0.3 is 0 Å². The zero-order valence-corrected chi connectivity index (χ0v) is 12.5. The van der Waals surface area contributed by atoms with Crippen molar-refractivity contribution in [1.29, 1.82) is 0 Å². The zero-order chi connectivity index (χ0) is 13.7. The van der Waals surface area contributed by atoms with Gasteiger partial charge in [0.15, 0.2) is 5.01 Å². The van der Waals surface area contributed by atoms with Crippen LogP contribution in [0.1, 0.15) is 23.9 Å². The van der Waals surface area contributed by atoms with Gasteiger partial charge in [-0.25, -0.2) is 0 Å². The second-order valence-corrected chi connectivity index (χ2v) is 5.62. The molecule has 0 spiro atoms. The van der Waals surface area contributed by atoms with Crippen LogP contribution in [-0.4, -0.2) is 16.7 Å². The molecule has 0 amide bonds. The molecule has 1 aromatic carbocycles. The largest absolute Gasteiger partial charge is 0.485 e. The van der Waals surface area contributed by atoms with E-state index in [4.69, 9.17) is 16.3 Å². The van der Waals surface area contributed by atoms with E-state index in [0.717, 1.165) is 28.7 Å². The molecule has 0 fully saturated rings. The molecule has 0 unspecified atom stereocenters. The highest BCUT2D eigenvalue weighted by Crippen LogP contribution is 2.26. The molecule has 4 nitrogen and oxygen atoms in total. The molecule has 0 aliphatic rings. The third-order valence-electron chi connectivity index (χ3n) is 2.43. The second kappa shape index (κ2) is 6.73. The Balaban J connectivity index is 1.92. The Hall–Kier alpha value is -1.33. The fraction of sp³-hybridized carbons (Fsp3) is 0.385. The van der Waals surface area contributed by atoms with Gasteiger partial charge in [0.1, 0.15) is 12.4 Å². The number of hydrogen-bond acceptors (Lipinski definition) is 5. The molecule has 0 aliphatic carbocycles. The monoisotopic (exact) mass is 297 g/mol. The van der Waals surface area contributed by atoms with Crippen LogP contribution in [0.25, 0.3) is 0 Å². The van der Waals surface area contributed by atoms with Crippen LogP contribution in [0.4, 0.5) is 5.13 Å². The molecule has 0 atom stereocenters. The molecule has 0 radical (unpaired) electrons. The van der Waals surface area contributed by atoms with Crippen molar-refractivity contribution in [1.82, 2.24) is 10.2 Å². The Bertz CT molecular complexity index is 544. The van der Waals surface area contributed by atoms with Gasteiger partial charge in [0.2, 0.25) is 5.13 Å². The number of benzene rings is 1. The van der Waals surface area contributed by atoms with Gasteiger partial charge in [-0.3, -0.25) is 0 Å². The van der Waals surface area contributed by atoms with Crippen molar-refractivity contribution >= 4 is 28.1 Å². The number of hydrogen-bond donors (Lipinski definition) is 1. The third kappa shape index (κ3) is 4.08. The number of halogens is 1. The lowest BCUT2D eigenvalue weighted by Gasteiger charge is -2.06. The number of aromatic nitrogens is 2. The number of ether oxygens (including phenoxy) is 1. The van der Waals surface area contributed by atoms with Crippen molar-refractivity contribution in [3.05, 3.63) is 33.8 Å². The predicted molar refractivity (Wildman–Crippen MR) is 79.2 cm³/mol. The molecule has 1 aromatic heterocycles. The average Bonchev–Trinajstić information content (AvgIpc) is 2.83. The Morgan fingerprint density at radius 1 is 1.37 bits per heavy atom. The molecule has 1 heterocycles. The van der Waals surface area contributed by atoms with Crippen molar-refractivity contribution in [3.63, 3.8) is 0 Å². The van der Waals surface area contributed by atoms with Gasteiger partial charge < -0.3 is 10.1 Å². The molecule has 6 heteroatoms. The first kappa shape index (κ1) is 14.1. The SMILES string of the molecule is CCCNc1nnc(COc2ccc(C)cc2Cl)s1. The molecule has 19 heavy (non-hydrogen) atoms. The van der Waals surface area contributed by atoms with Gasteiger partial charge in [0.05, 0.1) is 5.02 Å². The number of rotatable bonds is 6. The van der Waals surface area contributed by atoms with Gasteiger partial charge in [-0.15, -0.1) is 10.2 Å². The van der Waals surface area contributed by atoms with Crippen LogP contribution in [0.5, 0.6) is 5.75 Å². The van der Waals surface area contributed by atoms with Gasteiger partial charge in [-0.05, 0) is 31.0 Å². The van der Waals surface area contributed by atoms with Crippen molar-refractivity contribution in [2.75, 3.05) is 11.9 Å². The van der Waals surface area contributed by atoms with E-state index in [1.807, 2.05) is 25.1 Å². The van der Waals surface area contributed by atoms with E-state index >= 15 is 0 Å². The maximum Gasteiger partial charge on any atom is 0.205 e. The van der Waals surface area contributed by atoms with E-state index in [2.05, 4.69) is 22.4 Å². The second-order valence-electron chi connectivity index (χ2n) is 4.15. The maximum atomic E-state index is 6.10. The summed E-state index contributed by atoms with van der Waals surface area (Å²) >= 11 is 7.60. The molecular weight excluding hydrogens is 282 g/mol. The summed E-state index contributed by atoms with van der Waals surface area (Å²) in [5.41, 5.74) is 1.11. The summed E-state index contributed by atoms with van der Waals surface area (Å²) in [6.07, 6.45) is 1.06. The minimum atomic E-state index is 0.383. The van der Waals surface area contributed by atoms with Crippen LogP contribution in [0.15, 0.2) is 18.2 Å². The first-order chi connectivity index (χ1) is 9.19. The number of aryl methyl sites for hydroxylation is 1. The van der Waals surface area contributed by atoms with E-state index in [9.17, 15) is 0 Å². The van der Waals surface area contributed by atoms with Crippen LogP contribution in [-0.2, 0) is 6.61 Å². The van der Waals surface area contributed by atoms with E-state index in [1.54, 1.807) is 0 Å². The van der Waals surface area contributed by atoms with Crippen molar-refractivity contribution in [2.45, 2.75) is 26.9 Å². The van der Waals surface area contributed by atoms with E-state index < -0.39 is 0 Å². The van der Waals surface area contributed by atoms with Crippen LogP contribution in [0, 0.1) is 6.92 Å². The molecule has 0 saturated carbocycles. The van der Waals surface area contributed by atoms with Crippen molar-refractivity contribution < 1.29 is 4.74 Å². The molecule has 0 saturated heterocycles. The summed E-state index contributed by atoms with van der Waals surface area (Å²) in [6.45, 7) is 5.39. The van der Waals surface area contributed by atoms with E-state index in [1.165, 1.54) is 11.3 Å². The van der Waals surface area contributed by atoms with Crippen LogP contribution >= 0.6 is 22.9 Å². The highest BCUT2D eigenvalue weighted by molar-refractivity contribution is 7.15. The Labute approximate surface area is 121 Å². The highest BCUT2D eigenvalue weighted by Gasteiger charge is 2.06. The molecular formula is C13H16ClN3OS. The first-order valence-corrected chi connectivity index (χ1v) is 7.33. The number of nitrogens with one attached hydrogen (secondary N) is 1. The van der Waals surface area contributed by atoms with Crippen molar-refractivity contribution in [3.8, 4) is 5.75 Å². The van der Waals surface area contributed by atoms with Gasteiger partial charge in [0.25, 0.3) is 0 Å². The van der Waals surface area contributed by atoms with E-state index in [0.29, 0.717) is 17.4 Å². The lowest BCUT2D eigenvalue weighted by molar-refractivity contribution is 0.304. The Morgan fingerprint density at radius 3 is 2.95 bits per heavy atom. The quantitative estimate of drug-likeness (QED) is 0.878. The summed E-state index contributed by atoms with van der Waals surface area (Å²) in [5, 5.41) is 13.6. The van der Waals surface area contributed by atoms with Gasteiger partial charge in [-0.2, -0.15) is 0 Å². The summed E-state index contributed by atoms with van der Waals surface area (Å²) in [7, 11) is 0. The third-order valence-corrected chi connectivity index (χ3v) is 3.58. The van der Waals surface area contributed by atoms with Gasteiger partial charge in [0, 0.05) is 6.54 Å². The number of anilines is 1. The standard InChI is InChI=1S/C13H16ClN3OS/c1-3-6-15-13-17-16-12(19-13)8-18-11-5-4-9(2)7-10(11)14/h4-5,7H,3,6,8H2,1-2H3,(H,15,17). The average molecular weight is 298 g/mol. The van der Waals surface area contributed by atoms with Crippen molar-refractivity contribution in [2.24, 2.45) is 0 Å². The van der Waals surface area contributed by atoms with Crippen LogP contribution in [0.2, 0.25) is 5.02 Å². The Morgan fingerprint density at radius 2 is 2.21 bits per heavy atom.